The van der Waals surface area contributed by atoms with Crippen LogP contribution in [-0.4, -0.2) is 41.4 Å². The highest BCUT2D eigenvalue weighted by molar-refractivity contribution is 5.50. The average Bonchev–Trinajstić information content (AvgIpc) is 3.48. The molecule has 1 aromatic carbocycles. The number of alkyl halides is 2. The van der Waals surface area contributed by atoms with Gasteiger partial charge in [0.05, 0.1) is 0 Å². The second kappa shape index (κ2) is 9.37. The Morgan fingerprint density at radius 1 is 0.914 bits per heavy atom. The number of nitrogens with zero attached hydrogens (tertiary/aromatic N) is 4. The topological polar surface area (TPSA) is 75.2 Å². The number of hydrogen-bond acceptors (Lipinski definition) is 7. The second-order valence-corrected chi connectivity index (χ2v) is 9.68. The predicted molar refractivity (Wildman–Crippen MR) is 128 cm³/mol. The molecule has 7 nitrogen and oxygen atoms in total. The molecule has 0 unspecified atom stereocenters. The van der Waals surface area contributed by atoms with Gasteiger partial charge in [0.25, 0.3) is 6.43 Å². The summed E-state index contributed by atoms with van der Waals surface area (Å²) >= 11 is 0. The molecule has 2 saturated heterocycles. The fourth-order valence-corrected chi connectivity index (χ4v) is 5.80. The Kier molecular flexibility index (Phi) is 5.93. The lowest BCUT2D eigenvalue weighted by Gasteiger charge is -2.43. The van der Waals surface area contributed by atoms with E-state index in [1.54, 1.807) is 18.2 Å². The van der Waals surface area contributed by atoms with Crippen molar-refractivity contribution in [2.24, 2.45) is 23.7 Å². The van der Waals surface area contributed by atoms with Crippen LogP contribution >= 0.6 is 0 Å². The zero-order chi connectivity index (χ0) is 23.8. The number of pyridine rings is 1. The molecule has 0 bridgehead atoms. The number of aromatic nitrogens is 3. The van der Waals surface area contributed by atoms with E-state index >= 15 is 0 Å². The zero-order valence-electron chi connectivity index (χ0n) is 19.3. The van der Waals surface area contributed by atoms with E-state index in [2.05, 4.69) is 55.0 Å². The normalized spacial score (nSPS) is 24.7. The molecule has 4 atom stereocenters. The molecule has 6 rings (SSSR count). The van der Waals surface area contributed by atoms with Gasteiger partial charge >= 0.3 is 0 Å². The highest BCUT2D eigenvalue weighted by Gasteiger charge is 2.56. The molecule has 182 valence electrons. The summed E-state index contributed by atoms with van der Waals surface area (Å²) in [5.74, 6) is 4.53. The summed E-state index contributed by atoms with van der Waals surface area (Å²) in [5, 5.41) is 15.1. The van der Waals surface area contributed by atoms with Crippen LogP contribution in [0.3, 0.4) is 0 Å². The van der Waals surface area contributed by atoms with Crippen LogP contribution in [0.15, 0.2) is 54.7 Å². The van der Waals surface area contributed by atoms with E-state index < -0.39 is 6.43 Å². The summed E-state index contributed by atoms with van der Waals surface area (Å²) < 4.78 is 30.7. The molecule has 0 radical (unpaired) electrons. The van der Waals surface area contributed by atoms with E-state index in [0.717, 1.165) is 23.7 Å². The van der Waals surface area contributed by atoms with E-state index in [1.165, 1.54) is 49.7 Å². The van der Waals surface area contributed by atoms with Crippen LogP contribution in [0.4, 0.5) is 20.3 Å². The summed E-state index contributed by atoms with van der Waals surface area (Å²) in [6.07, 6.45) is -1.20. The molecule has 4 heterocycles. The minimum atomic E-state index is -2.58. The Bertz CT molecular complexity index is 1120. The van der Waals surface area contributed by atoms with Gasteiger partial charge < -0.3 is 20.3 Å². The molecule has 1 aliphatic carbocycles. The average molecular weight is 479 g/mol. The van der Waals surface area contributed by atoms with Gasteiger partial charge in [0, 0.05) is 43.1 Å². The lowest BCUT2D eigenvalue weighted by atomic mass is 9.60. The third kappa shape index (κ3) is 4.52. The number of anilines is 2. The first-order chi connectivity index (χ1) is 17.1. The van der Waals surface area contributed by atoms with Crippen LogP contribution in [0.25, 0.3) is 0 Å². The number of nitrogens with one attached hydrogen (secondary N) is 2. The smallest absolute Gasteiger partial charge is 0.280 e. The summed E-state index contributed by atoms with van der Waals surface area (Å²) in [6, 6.07) is 15.2. The van der Waals surface area contributed by atoms with Crippen molar-refractivity contribution in [3.63, 3.8) is 0 Å². The lowest BCUT2D eigenvalue weighted by Crippen LogP contribution is -2.44. The minimum absolute atomic E-state index is 0.182. The molecule has 0 amide bonds. The molecular formula is C26H28F2N6O. The Labute approximate surface area is 202 Å². The van der Waals surface area contributed by atoms with Crippen molar-refractivity contribution >= 4 is 11.5 Å². The molecule has 0 spiro atoms. The monoisotopic (exact) mass is 478 g/mol. The van der Waals surface area contributed by atoms with Crippen molar-refractivity contribution in [2.45, 2.75) is 19.6 Å². The molecule has 3 aliphatic rings. The first-order valence-corrected chi connectivity index (χ1v) is 12.1. The van der Waals surface area contributed by atoms with Gasteiger partial charge in [0.2, 0.25) is 5.88 Å². The summed E-state index contributed by atoms with van der Waals surface area (Å²) in [6.45, 7) is 5.61. The number of hydrogen-bond donors (Lipinski definition) is 2. The van der Waals surface area contributed by atoms with Crippen LogP contribution < -0.4 is 20.3 Å². The van der Waals surface area contributed by atoms with E-state index in [9.17, 15) is 8.78 Å². The first kappa shape index (κ1) is 22.2. The number of ether oxygens (including phenoxy) is 1. The van der Waals surface area contributed by atoms with Gasteiger partial charge in [-0.05, 0) is 66.6 Å². The fraction of sp³-hybridized carbons (Fsp3) is 0.423. The largest absolute Gasteiger partial charge is 0.472 e. The maximum atomic E-state index is 12.6. The Morgan fingerprint density at radius 3 is 2.29 bits per heavy atom. The fourth-order valence-electron chi connectivity index (χ4n) is 5.80. The highest BCUT2D eigenvalue weighted by Crippen LogP contribution is 2.52. The van der Waals surface area contributed by atoms with Crippen molar-refractivity contribution in [2.75, 3.05) is 36.4 Å². The minimum Gasteiger partial charge on any atom is -0.472 e. The van der Waals surface area contributed by atoms with Crippen LogP contribution in [0.5, 0.6) is 5.88 Å². The van der Waals surface area contributed by atoms with Gasteiger partial charge in [-0.1, -0.05) is 18.2 Å². The van der Waals surface area contributed by atoms with E-state index in [-0.39, 0.29) is 12.3 Å². The summed E-state index contributed by atoms with van der Waals surface area (Å²) in [4.78, 5) is 6.28. The van der Waals surface area contributed by atoms with Crippen molar-refractivity contribution in [1.82, 2.24) is 20.5 Å². The van der Waals surface area contributed by atoms with Crippen molar-refractivity contribution in [3.05, 3.63) is 71.5 Å². The Balaban J connectivity index is 0.973. The van der Waals surface area contributed by atoms with Crippen LogP contribution in [0.1, 0.15) is 23.2 Å². The van der Waals surface area contributed by atoms with Crippen molar-refractivity contribution < 1.29 is 13.5 Å². The molecule has 3 fully saturated rings. The van der Waals surface area contributed by atoms with E-state index in [4.69, 9.17) is 4.74 Å². The Morgan fingerprint density at radius 2 is 1.66 bits per heavy atom. The maximum Gasteiger partial charge on any atom is 0.280 e. The highest BCUT2D eigenvalue weighted by atomic mass is 19.3. The molecular weight excluding hydrogens is 450 g/mol. The van der Waals surface area contributed by atoms with Crippen LogP contribution in [-0.2, 0) is 13.2 Å². The lowest BCUT2D eigenvalue weighted by molar-refractivity contribution is 0.0629. The maximum absolute atomic E-state index is 12.6. The van der Waals surface area contributed by atoms with Crippen molar-refractivity contribution in [1.29, 1.82) is 0 Å². The first-order valence-electron chi connectivity index (χ1n) is 12.1. The molecule has 1 saturated carbocycles. The molecule has 3 aromatic rings. The van der Waals surface area contributed by atoms with Gasteiger partial charge in [0.1, 0.15) is 18.1 Å². The third-order valence-corrected chi connectivity index (χ3v) is 7.70. The van der Waals surface area contributed by atoms with Crippen LogP contribution in [0.2, 0.25) is 0 Å². The van der Waals surface area contributed by atoms with Gasteiger partial charge in [-0.3, -0.25) is 4.98 Å². The number of fused-ring (bicyclic) bond motifs is 4. The molecule has 2 aromatic heterocycles. The standard InChI is InChI=1S/C26H28F2N6O/c27-26(28)23-6-3-17(10-30-23)15-35-25-8-7-24(32-33-25)31-9-16-1-4-18(5-2-16)34-13-21-19-11-29-12-20(19)22(21)14-34/h1-8,10,19-22,26,29H,9,11-15H2,(H,31,32)/t19-,20+,21+,22-. The van der Waals surface area contributed by atoms with Crippen molar-refractivity contribution in [3.8, 4) is 5.88 Å². The molecule has 9 heteroatoms. The zero-order valence-corrected chi connectivity index (χ0v) is 19.3. The van der Waals surface area contributed by atoms with Gasteiger partial charge in [-0.25, -0.2) is 8.78 Å². The van der Waals surface area contributed by atoms with Gasteiger partial charge in [-0.15, -0.1) is 10.2 Å². The molecule has 35 heavy (non-hydrogen) atoms. The number of rotatable bonds is 8. The Hall–Kier alpha value is -3.33. The summed E-state index contributed by atoms with van der Waals surface area (Å²) in [7, 11) is 0. The van der Waals surface area contributed by atoms with Gasteiger partial charge in [-0.2, -0.15) is 0 Å². The van der Waals surface area contributed by atoms with Crippen LogP contribution in [0, 0.1) is 23.7 Å². The predicted octanol–water partition coefficient (Wildman–Crippen LogP) is 3.90. The van der Waals surface area contributed by atoms with E-state index in [1.807, 2.05) is 0 Å². The molecule has 2 aliphatic heterocycles. The molecule has 2 N–H and O–H groups in total. The SMILES string of the molecule is FC(F)c1ccc(COc2ccc(NCc3ccc(N4C[C@@H]5[C@H]6CNC[C@H]6[C@@H]5C4)cc3)nn2)cn1. The van der Waals surface area contributed by atoms with Gasteiger partial charge in [0.15, 0.2) is 0 Å². The third-order valence-electron chi connectivity index (χ3n) is 7.70. The quantitative estimate of drug-likeness (QED) is 0.509. The number of halogens is 2. The summed E-state index contributed by atoms with van der Waals surface area (Å²) in [5.41, 5.74) is 2.93. The second-order valence-electron chi connectivity index (χ2n) is 9.68. The van der Waals surface area contributed by atoms with E-state index in [0.29, 0.717) is 23.8 Å². The number of benzene rings is 1.